The Kier molecular flexibility index (Phi) is 2.20. The number of aromatic carboxylic acids is 1. The van der Waals surface area contributed by atoms with E-state index < -0.39 is 5.97 Å². The van der Waals surface area contributed by atoms with Crippen LogP contribution in [-0.2, 0) is 0 Å². The lowest BCUT2D eigenvalue weighted by atomic mass is 10.1. The maximum Gasteiger partial charge on any atom is 0.337 e. The highest BCUT2D eigenvalue weighted by molar-refractivity contribution is 9.10. The number of nitrogens with two attached hydrogens (primary N) is 1. The lowest BCUT2D eigenvalue weighted by Gasteiger charge is -2.00. The third-order valence-electron chi connectivity index (χ3n) is 1.93. The zero-order valence-electron chi connectivity index (χ0n) is 6.95. The molecule has 0 amide bonds. The molecule has 72 valence electrons. The second-order valence-corrected chi connectivity index (χ2v) is 4.59. The van der Waals surface area contributed by atoms with E-state index in [-0.39, 0.29) is 5.56 Å². The summed E-state index contributed by atoms with van der Waals surface area (Å²) in [6.07, 6.45) is 0. The summed E-state index contributed by atoms with van der Waals surface area (Å²) in [5.74, 6) is -0.998. The van der Waals surface area contributed by atoms with Crippen molar-refractivity contribution in [2.24, 2.45) is 0 Å². The molecule has 0 saturated carbocycles. The fraction of sp³-hybridized carbons (Fsp3) is 0. The Balaban J connectivity index is 2.80. The Hall–Kier alpha value is -1.07. The minimum Gasteiger partial charge on any atom is -0.478 e. The van der Waals surface area contributed by atoms with E-state index in [9.17, 15) is 4.79 Å². The van der Waals surface area contributed by atoms with Gasteiger partial charge in [0.15, 0.2) is 0 Å². The molecule has 14 heavy (non-hydrogen) atoms. The van der Waals surface area contributed by atoms with Crippen LogP contribution in [0.4, 0.5) is 5.69 Å². The second kappa shape index (κ2) is 3.25. The topological polar surface area (TPSA) is 63.3 Å². The normalized spacial score (nSPS) is 10.6. The molecular weight excluding hydrogens is 266 g/mol. The number of fused-ring (bicyclic) bond motifs is 1. The van der Waals surface area contributed by atoms with E-state index in [1.54, 1.807) is 12.1 Å². The molecule has 3 nitrogen and oxygen atoms in total. The van der Waals surface area contributed by atoms with Gasteiger partial charge in [-0.05, 0) is 28.1 Å². The molecule has 3 N–H and O–H groups in total. The van der Waals surface area contributed by atoms with Gasteiger partial charge in [-0.3, -0.25) is 0 Å². The number of anilines is 1. The molecule has 2 aromatic rings. The summed E-state index contributed by atoms with van der Waals surface area (Å²) in [6, 6.07) is 3.28. The molecule has 0 aliphatic rings. The molecule has 0 fully saturated rings. The Morgan fingerprint density at radius 3 is 2.86 bits per heavy atom. The van der Waals surface area contributed by atoms with Crippen LogP contribution in [0.5, 0.6) is 0 Å². The van der Waals surface area contributed by atoms with Crippen LogP contribution in [0.2, 0.25) is 0 Å². The van der Waals surface area contributed by atoms with Crippen molar-refractivity contribution in [3.63, 3.8) is 0 Å². The summed E-state index contributed by atoms with van der Waals surface area (Å²) >= 11 is 4.88. The van der Waals surface area contributed by atoms with Crippen LogP contribution in [0.3, 0.4) is 0 Å². The number of carboxylic acids is 1. The van der Waals surface area contributed by atoms with E-state index >= 15 is 0 Å². The molecule has 0 aliphatic carbocycles. The first-order valence-corrected chi connectivity index (χ1v) is 5.46. The van der Waals surface area contributed by atoms with Gasteiger partial charge in [-0.2, -0.15) is 0 Å². The third kappa shape index (κ3) is 1.38. The number of carbonyl (C=O) groups is 1. The molecule has 1 aromatic heterocycles. The number of hydrogen-bond donors (Lipinski definition) is 2. The van der Waals surface area contributed by atoms with Gasteiger partial charge in [0, 0.05) is 25.6 Å². The Morgan fingerprint density at radius 1 is 1.50 bits per heavy atom. The number of benzene rings is 1. The number of halogens is 1. The second-order valence-electron chi connectivity index (χ2n) is 2.82. The van der Waals surface area contributed by atoms with Gasteiger partial charge in [0.05, 0.1) is 5.56 Å². The molecule has 1 heterocycles. The van der Waals surface area contributed by atoms with Crippen LogP contribution in [0.15, 0.2) is 22.0 Å². The van der Waals surface area contributed by atoms with Crippen LogP contribution < -0.4 is 5.73 Å². The summed E-state index contributed by atoms with van der Waals surface area (Å²) in [7, 11) is 0. The summed E-state index contributed by atoms with van der Waals surface area (Å²) in [6.45, 7) is 0. The van der Waals surface area contributed by atoms with Gasteiger partial charge >= 0.3 is 5.97 Å². The predicted molar refractivity (Wildman–Crippen MR) is 60.9 cm³/mol. The van der Waals surface area contributed by atoms with Gasteiger partial charge < -0.3 is 10.8 Å². The van der Waals surface area contributed by atoms with Crippen LogP contribution in [0.25, 0.3) is 10.1 Å². The molecule has 0 aliphatic heterocycles. The standard InChI is InChI=1S/C9H6BrNO2S/c10-6-3-14-8-2-7(11)5(9(12)13)1-4(6)8/h1-3H,11H2,(H,12,13). The van der Waals surface area contributed by atoms with Crippen molar-refractivity contribution in [2.75, 3.05) is 5.73 Å². The summed E-state index contributed by atoms with van der Waals surface area (Å²) in [5.41, 5.74) is 6.06. The lowest BCUT2D eigenvalue weighted by Crippen LogP contribution is -2.01. The first kappa shape index (κ1) is 9.48. The highest BCUT2D eigenvalue weighted by Crippen LogP contribution is 2.33. The van der Waals surface area contributed by atoms with Gasteiger partial charge in [0.1, 0.15) is 0 Å². The van der Waals surface area contributed by atoms with Gasteiger partial charge in [-0.1, -0.05) is 0 Å². The Morgan fingerprint density at radius 2 is 2.21 bits per heavy atom. The van der Waals surface area contributed by atoms with E-state index in [0.717, 1.165) is 14.6 Å². The molecule has 0 bridgehead atoms. The number of nitrogen functional groups attached to an aromatic ring is 1. The number of rotatable bonds is 1. The molecule has 0 spiro atoms. The van der Waals surface area contributed by atoms with Crippen molar-refractivity contribution in [3.05, 3.63) is 27.5 Å². The van der Waals surface area contributed by atoms with Crippen LogP contribution in [0, 0.1) is 0 Å². The van der Waals surface area contributed by atoms with Gasteiger partial charge in [0.25, 0.3) is 0 Å². The molecule has 0 unspecified atom stereocenters. The average Bonchev–Trinajstić information content (AvgIpc) is 2.46. The number of carboxylic acid groups (broad SMARTS) is 1. The maximum atomic E-state index is 10.8. The van der Waals surface area contributed by atoms with Crippen LogP contribution >= 0.6 is 27.3 Å². The molecule has 0 saturated heterocycles. The predicted octanol–water partition coefficient (Wildman–Crippen LogP) is 2.94. The Bertz CT molecular complexity index is 521. The summed E-state index contributed by atoms with van der Waals surface area (Å²) < 4.78 is 1.89. The number of thiophene rings is 1. The fourth-order valence-electron chi connectivity index (χ4n) is 1.24. The van der Waals surface area contributed by atoms with Crippen molar-refractivity contribution < 1.29 is 9.90 Å². The van der Waals surface area contributed by atoms with Crippen LogP contribution in [0.1, 0.15) is 10.4 Å². The van der Waals surface area contributed by atoms with Crippen molar-refractivity contribution in [1.29, 1.82) is 0 Å². The summed E-state index contributed by atoms with van der Waals surface area (Å²) in [4.78, 5) is 10.8. The monoisotopic (exact) mass is 271 g/mol. The first-order chi connectivity index (χ1) is 6.59. The fourth-order valence-corrected chi connectivity index (χ4v) is 2.83. The lowest BCUT2D eigenvalue weighted by molar-refractivity contribution is 0.0698. The van der Waals surface area contributed by atoms with Crippen molar-refractivity contribution in [1.82, 2.24) is 0 Å². The molecule has 5 heteroatoms. The highest BCUT2D eigenvalue weighted by atomic mass is 79.9. The van der Waals surface area contributed by atoms with E-state index in [1.807, 2.05) is 5.38 Å². The van der Waals surface area contributed by atoms with E-state index in [0.29, 0.717) is 5.69 Å². The van der Waals surface area contributed by atoms with Crippen molar-refractivity contribution in [2.45, 2.75) is 0 Å². The molecule has 0 atom stereocenters. The largest absolute Gasteiger partial charge is 0.478 e. The minimum absolute atomic E-state index is 0.150. The van der Waals surface area contributed by atoms with Crippen LogP contribution in [-0.4, -0.2) is 11.1 Å². The van der Waals surface area contributed by atoms with Gasteiger partial charge in [-0.25, -0.2) is 4.79 Å². The average molecular weight is 272 g/mol. The zero-order valence-corrected chi connectivity index (χ0v) is 9.35. The molecule has 0 radical (unpaired) electrons. The highest BCUT2D eigenvalue weighted by Gasteiger charge is 2.11. The van der Waals surface area contributed by atoms with E-state index in [4.69, 9.17) is 10.8 Å². The van der Waals surface area contributed by atoms with Crippen molar-refractivity contribution in [3.8, 4) is 0 Å². The molecule has 2 rings (SSSR count). The zero-order chi connectivity index (χ0) is 10.3. The third-order valence-corrected chi connectivity index (χ3v) is 3.83. The van der Waals surface area contributed by atoms with Gasteiger partial charge in [-0.15, -0.1) is 11.3 Å². The van der Waals surface area contributed by atoms with E-state index in [2.05, 4.69) is 15.9 Å². The molecular formula is C9H6BrNO2S. The minimum atomic E-state index is -0.998. The van der Waals surface area contributed by atoms with E-state index in [1.165, 1.54) is 11.3 Å². The number of hydrogen-bond acceptors (Lipinski definition) is 3. The first-order valence-electron chi connectivity index (χ1n) is 3.79. The maximum absolute atomic E-state index is 10.8. The Labute approximate surface area is 92.3 Å². The van der Waals surface area contributed by atoms with Crippen molar-refractivity contribution >= 4 is 49.0 Å². The summed E-state index contributed by atoms with van der Waals surface area (Å²) in [5, 5.41) is 11.7. The smallest absolute Gasteiger partial charge is 0.337 e. The van der Waals surface area contributed by atoms with Gasteiger partial charge in [0.2, 0.25) is 0 Å². The molecule has 1 aromatic carbocycles. The SMILES string of the molecule is Nc1cc2scc(Br)c2cc1C(=O)O. The quantitative estimate of drug-likeness (QED) is 0.784.